The van der Waals surface area contributed by atoms with Gasteiger partial charge in [0.25, 0.3) is 0 Å². The average Bonchev–Trinajstić information content (AvgIpc) is 2.65. The van der Waals surface area contributed by atoms with Crippen LogP contribution < -0.4 is 10.6 Å². The van der Waals surface area contributed by atoms with Crippen molar-refractivity contribution in [1.82, 2.24) is 10.6 Å². The lowest BCUT2D eigenvalue weighted by Crippen LogP contribution is -2.29. The van der Waals surface area contributed by atoms with Crippen molar-refractivity contribution in [2.24, 2.45) is 5.92 Å². The molecule has 0 saturated carbocycles. The molecule has 0 aromatic carbocycles. The lowest BCUT2D eigenvalue weighted by molar-refractivity contribution is 0.364. The lowest BCUT2D eigenvalue weighted by atomic mass is 9.91. The van der Waals surface area contributed by atoms with Crippen molar-refractivity contribution >= 4 is 0 Å². The molecule has 0 aliphatic heterocycles. The summed E-state index contributed by atoms with van der Waals surface area (Å²) in [6.07, 6.45) is 18.9. The molecule has 0 aromatic rings. The summed E-state index contributed by atoms with van der Waals surface area (Å²) in [4.78, 5) is 0. The van der Waals surface area contributed by atoms with Crippen molar-refractivity contribution in [2.75, 3.05) is 13.6 Å². The van der Waals surface area contributed by atoms with Gasteiger partial charge in [0.1, 0.15) is 0 Å². The number of nitrogens with one attached hydrogen (secondary N) is 2. The van der Waals surface area contributed by atoms with Crippen LogP contribution in [0.4, 0.5) is 0 Å². The summed E-state index contributed by atoms with van der Waals surface area (Å²) in [6.45, 7) is 8.02. The van der Waals surface area contributed by atoms with E-state index in [4.69, 9.17) is 0 Å². The van der Waals surface area contributed by atoms with E-state index in [0.717, 1.165) is 12.5 Å². The van der Waals surface area contributed by atoms with Gasteiger partial charge in [-0.2, -0.15) is 0 Å². The summed E-state index contributed by atoms with van der Waals surface area (Å²) in [5.74, 6) is 0.874. The summed E-state index contributed by atoms with van der Waals surface area (Å²) in [5.41, 5.74) is 1.56. The van der Waals surface area contributed by atoms with E-state index in [9.17, 15) is 0 Å². The summed E-state index contributed by atoms with van der Waals surface area (Å²) in [5, 5.41) is 6.97. The van der Waals surface area contributed by atoms with E-state index in [1.54, 1.807) is 5.57 Å². The predicted molar refractivity (Wildman–Crippen MR) is 104 cm³/mol. The highest BCUT2D eigenvalue weighted by molar-refractivity contribution is 5.19. The molecule has 0 fully saturated rings. The van der Waals surface area contributed by atoms with Crippen LogP contribution in [0.2, 0.25) is 0 Å². The molecule has 2 heteroatoms. The van der Waals surface area contributed by atoms with Crippen LogP contribution in [-0.2, 0) is 0 Å². The molecule has 0 aromatic heterocycles. The van der Waals surface area contributed by atoms with Gasteiger partial charge in [-0.15, -0.1) is 0 Å². The first-order chi connectivity index (χ1) is 11.2. The van der Waals surface area contributed by atoms with Crippen LogP contribution in [0.25, 0.3) is 0 Å². The Hall–Kier alpha value is -0.600. The molecule has 23 heavy (non-hydrogen) atoms. The van der Waals surface area contributed by atoms with Crippen molar-refractivity contribution < 1.29 is 0 Å². The molecule has 134 valence electrons. The Bertz CT molecular complexity index is 346. The highest BCUT2D eigenvalue weighted by atomic mass is 14.9. The zero-order valence-corrected chi connectivity index (χ0v) is 16.0. The van der Waals surface area contributed by atoms with Crippen LogP contribution in [0.3, 0.4) is 0 Å². The van der Waals surface area contributed by atoms with Crippen LogP contribution in [0.5, 0.6) is 0 Å². The van der Waals surface area contributed by atoms with Crippen LogP contribution >= 0.6 is 0 Å². The van der Waals surface area contributed by atoms with Gasteiger partial charge in [-0.1, -0.05) is 30.7 Å². The van der Waals surface area contributed by atoms with Gasteiger partial charge in [0.15, 0.2) is 0 Å². The minimum Gasteiger partial charge on any atom is -0.317 e. The van der Waals surface area contributed by atoms with E-state index in [1.165, 1.54) is 57.8 Å². The topological polar surface area (TPSA) is 24.1 Å². The van der Waals surface area contributed by atoms with Gasteiger partial charge in [-0.25, -0.2) is 0 Å². The van der Waals surface area contributed by atoms with Gasteiger partial charge in [0, 0.05) is 12.1 Å². The van der Waals surface area contributed by atoms with Gasteiger partial charge in [0.2, 0.25) is 0 Å². The Morgan fingerprint density at radius 2 is 1.96 bits per heavy atom. The Kier molecular flexibility index (Phi) is 11.4. The normalized spacial score (nSPS) is 24.2. The maximum absolute atomic E-state index is 3.64. The van der Waals surface area contributed by atoms with Crippen molar-refractivity contribution in [3.63, 3.8) is 0 Å². The van der Waals surface area contributed by atoms with Crippen LogP contribution in [0.1, 0.15) is 78.6 Å². The predicted octanol–water partition coefficient (Wildman–Crippen LogP) is 5.22. The van der Waals surface area contributed by atoms with Crippen LogP contribution in [-0.4, -0.2) is 25.7 Å². The third-order valence-corrected chi connectivity index (χ3v) is 5.08. The molecule has 1 aliphatic rings. The number of rotatable bonds is 10. The molecule has 0 heterocycles. The summed E-state index contributed by atoms with van der Waals surface area (Å²) >= 11 is 0. The van der Waals surface area contributed by atoms with Gasteiger partial charge < -0.3 is 10.6 Å². The molecule has 0 saturated heterocycles. The highest BCUT2D eigenvalue weighted by Gasteiger charge is 2.13. The maximum Gasteiger partial charge on any atom is 0.00413 e. The van der Waals surface area contributed by atoms with Gasteiger partial charge >= 0.3 is 0 Å². The van der Waals surface area contributed by atoms with E-state index in [1.807, 2.05) is 0 Å². The summed E-state index contributed by atoms with van der Waals surface area (Å²) in [7, 11) is 2.06. The number of hydrogen-bond donors (Lipinski definition) is 2. The second-order valence-corrected chi connectivity index (χ2v) is 7.37. The SMILES string of the molecule is CCCNC(C)CC1CCC=C/C(CCCC(C)NC)=C\CC1. The molecule has 0 radical (unpaired) electrons. The molecule has 3 atom stereocenters. The number of hydrogen-bond acceptors (Lipinski definition) is 2. The molecule has 3 unspecified atom stereocenters. The van der Waals surface area contributed by atoms with Crippen molar-refractivity contribution in [1.29, 1.82) is 0 Å². The molecule has 0 bridgehead atoms. The van der Waals surface area contributed by atoms with E-state index in [2.05, 4.69) is 56.7 Å². The number of allylic oxidation sites excluding steroid dienone is 4. The molecule has 1 aliphatic carbocycles. The summed E-state index contributed by atoms with van der Waals surface area (Å²) < 4.78 is 0. The largest absolute Gasteiger partial charge is 0.317 e. The second kappa shape index (κ2) is 12.8. The Morgan fingerprint density at radius 3 is 2.70 bits per heavy atom. The molecule has 2 nitrogen and oxygen atoms in total. The van der Waals surface area contributed by atoms with Crippen molar-refractivity contribution in [2.45, 2.75) is 90.6 Å². The highest BCUT2D eigenvalue weighted by Crippen LogP contribution is 2.24. The smallest absolute Gasteiger partial charge is 0.00413 e. The minimum atomic E-state index is 0.636. The summed E-state index contributed by atoms with van der Waals surface area (Å²) in [6, 6.07) is 1.30. The van der Waals surface area contributed by atoms with Crippen molar-refractivity contribution in [3.05, 3.63) is 23.8 Å². The van der Waals surface area contributed by atoms with Crippen molar-refractivity contribution in [3.8, 4) is 0 Å². The average molecular weight is 321 g/mol. The first kappa shape index (κ1) is 20.4. The fraction of sp³-hybridized carbons (Fsp3) is 0.810. The third-order valence-electron chi connectivity index (χ3n) is 5.08. The van der Waals surface area contributed by atoms with Gasteiger partial charge in [0.05, 0.1) is 0 Å². The monoisotopic (exact) mass is 320 g/mol. The zero-order valence-electron chi connectivity index (χ0n) is 16.0. The van der Waals surface area contributed by atoms with E-state index >= 15 is 0 Å². The minimum absolute atomic E-state index is 0.636. The Labute approximate surface area is 145 Å². The van der Waals surface area contributed by atoms with Gasteiger partial charge in [-0.3, -0.25) is 0 Å². The molecule has 2 N–H and O–H groups in total. The molecule has 1 rings (SSSR count). The molecular weight excluding hydrogens is 280 g/mol. The van der Waals surface area contributed by atoms with E-state index in [-0.39, 0.29) is 0 Å². The second-order valence-electron chi connectivity index (χ2n) is 7.37. The van der Waals surface area contributed by atoms with Crippen LogP contribution in [0, 0.1) is 5.92 Å². The first-order valence-electron chi connectivity index (χ1n) is 9.91. The standard InChI is InChI=1S/C21H40N2/c1-5-16-23-19(3)17-21-12-7-6-11-20(14-9-15-21)13-8-10-18(2)22-4/h6,11,14,18-19,21-23H,5,7-10,12-13,15-17H2,1-4H3/b11-6?,20-14+. The van der Waals surface area contributed by atoms with Crippen LogP contribution in [0.15, 0.2) is 23.8 Å². The molecule has 0 spiro atoms. The quantitative estimate of drug-likeness (QED) is 0.577. The molecular formula is C21H40N2. The van der Waals surface area contributed by atoms with Gasteiger partial charge in [-0.05, 0) is 91.1 Å². The Balaban J connectivity index is 2.36. The fourth-order valence-electron chi connectivity index (χ4n) is 3.44. The Morgan fingerprint density at radius 1 is 1.17 bits per heavy atom. The fourth-order valence-corrected chi connectivity index (χ4v) is 3.44. The van der Waals surface area contributed by atoms with E-state index < -0.39 is 0 Å². The zero-order chi connectivity index (χ0) is 16.9. The first-order valence-corrected chi connectivity index (χ1v) is 9.91. The molecule has 0 amide bonds. The third kappa shape index (κ3) is 9.99. The maximum atomic E-state index is 3.64. The lowest BCUT2D eigenvalue weighted by Gasteiger charge is -2.21. The van der Waals surface area contributed by atoms with E-state index in [0.29, 0.717) is 12.1 Å².